The third kappa shape index (κ3) is 6.00. The number of benzene rings is 3. The summed E-state index contributed by atoms with van der Waals surface area (Å²) in [5.41, 5.74) is 6.13. The molecule has 0 radical (unpaired) electrons. The normalized spacial score (nSPS) is 14.1. The van der Waals surface area contributed by atoms with Crippen molar-refractivity contribution in [2.24, 2.45) is 0 Å². The lowest BCUT2D eigenvalue weighted by Gasteiger charge is -2.32. The van der Waals surface area contributed by atoms with E-state index in [1.165, 1.54) is 5.56 Å². The summed E-state index contributed by atoms with van der Waals surface area (Å²) < 4.78 is 0. The van der Waals surface area contributed by atoms with E-state index >= 15 is 0 Å². The van der Waals surface area contributed by atoms with Crippen LogP contribution in [0.4, 0.5) is 11.5 Å². The summed E-state index contributed by atoms with van der Waals surface area (Å²) in [6.07, 6.45) is 1.54. The van der Waals surface area contributed by atoms with Gasteiger partial charge in [-0.2, -0.15) is 0 Å². The Bertz CT molecular complexity index is 1510. The Morgan fingerprint density at radius 2 is 1.74 bits per heavy atom. The minimum absolute atomic E-state index is 0.151. The van der Waals surface area contributed by atoms with Crippen molar-refractivity contribution >= 4 is 28.3 Å². The first-order chi connectivity index (χ1) is 18.5. The van der Waals surface area contributed by atoms with Gasteiger partial charge in [-0.15, -0.1) is 0 Å². The zero-order chi connectivity index (χ0) is 26.5. The minimum Gasteiger partial charge on any atom is -0.373 e. The highest BCUT2D eigenvalue weighted by atomic mass is 16.1. The van der Waals surface area contributed by atoms with Crippen molar-refractivity contribution in [3.8, 4) is 11.8 Å². The summed E-state index contributed by atoms with van der Waals surface area (Å²) >= 11 is 0. The number of aryl methyl sites for hydroxylation is 1. The van der Waals surface area contributed by atoms with E-state index in [4.69, 9.17) is 0 Å². The van der Waals surface area contributed by atoms with Gasteiger partial charge in [0.05, 0.1) is 5.52 Å². The van der Waals surface area contributed by atoms with Gasteiger partial charge in [-0.25, -0.2) is 9.97 Å². The average Bonchev–Trinajstić information content (AvgIpc) is 2.94. The average molecular weight is 505 g/mol. The summed E-state index contributed by atoms with van der Waals surface area (Å²) in [5.74, 6) is 7.09. The van der Waals surface area contributed by atoms with Crippen LogP contribution in [0.5, 0.6) is 0 Å². The molecule has 1 saturated heterocycles. The molecule has 4 aromatic rings. The van der Waals surface area contributed by atoms with Crippen LogP contribution in [-0.4, -0.2) is 65.9 Å². The number of carbonyl (C=O) groups excluding carboxylic acids is 1. The van der Waals surface area contributed by atoms with Crippen molar-refractivity contribution in [3.05, 3.63) is 94.8 Å². The zero-order valence-electron chi connectivity index (χ0n) is 22.1. The second-order valence-corrected chi connectivity index (χ2v) is 9.71. The Labute approximate surface area is 223 Å². The van der Waals surface area contributed by atoms with Crippen molar-refractivity contribution < 1.29 is 4.79 Å². The predicted molar refractivity (Wildman–Crippen MR) is 153 cm³/mol. The van der Waals surface area contributed by atoms with Gasteiger partial charge in [0, 0.05) is 67.5 Å². The van der Waals surface area contributed by atoms with Gasteiger partial charge in [-0.05, 0) is 67.6 Å². The van der Waals surface area contributed by atoms with Crippen LogP contribution < -0.4 is 10.6 Å². The van der Waals surface area contributed by atoms with Crippen molar-refractivity contribution in [3.63, 3.8) is 0 Å². The third-order valence-electron chi connectivity index (χ3n) is 6.93. The van der Waals surface area contributed by atoms with Crippen LogP contribution in [0, 0.1) is 18.8 Å². The lowest BCUT2D eigenvalue weighted by molar-refractivity contribution is 0.102. The van der Waals surface area contributed by atoms with Crippen LogP contribution in [0.2, 0.25) is 0 Å². The number of rotatable bonds is 5. The summed E-state index contributed by atoms with van der Waals surface area (Å²) in [6.45, 7) is 7.30. The highest BCUT2D eigenvalue weighted by Crippen LogP contribution is 2.20. The van der Waals surface area contributed by atoms with Crippen LogP contribution in [0.1, 0.15) is 32.6 Å². The molecule has 38 heavy (non-hydrogen) atoms. The van der Waals surface area contributed by atoms with E-state index in [1.807, 2.05) is 62.5 Å². The summed E-state index contributed by atoms with van der Waals surface area (Å²) in [5, 5.41) is 7.05. The monoisotopic (exact) mass is 504 g/mol. The molecule has 0 aliphatic carbocycles. The van der Waals surface area contributed by atoms with E-state index < -0.39 is 0 Å². The van der Waals surface area contributed by atoms with Crippen molar-refractivity contribution in [2.75, 3.05) is 50.9 Å². The first-order valence-corrected chi connectivity index (χ1v) is 12.8. The number of piperazine rings is 1. The number of anilines is 2. The molecule has 0 spiro atoms. The Kier molecular flexibility index (Phi) is 7.64. The van der Waals surface area contributed by atoms with Crippen LogP contribution in [-0.2, 0) is 6.54 Å². The summed E-state index contributed by atoms with van der Waals surface area (Å²) in [6, 6.07) is 19.6. The third-order valence-corrected chi connectivity index (χ3v) is 6.93. The van der Waals surface area contributed by atoms with Crippen molar-refractivity contribution in [1.29, 1.82) is 0 Å². The molecular formula is C31H32N6O. The molecule has 1 fully saturated rings. The van der Waals surface area contributed by atoms with Gasteiger partial charge < -0.3 is 15.5 Å². The molecule has 1 aliphatic rings. The minimum atomic E-state index is -0.151. The lowest BCUT2D eigenvalue weighted by Crippen LogP contribution is -2.43. The number of likely N-dealkylation sites (N-methyl/N-ethyl adjacent to an activating group) is 1. The molecule has 1 amide bonds. The molecule has 1 aromatic heterocycles. The van der Waals surface area contributed by atoms with Gasteiger partial charge >= 0.3 is 0 Å². The standard InChI is InChI=1S/C31H32N6O/c1-22-4-9-26(19-25(22)10-5-23-8-13-28-29(18-23)33-21-34-30(28)32-2)31(38)35-27-11-6-24(7-12-27)20-37-16-14-36(3)15-17-37/h4,6-9,11-13,18-19,21H,14-17,20H2,1-3H3,(H,35,38)(H,32,33,34). The van der Waals surface area contributed by atoms with Crippen molar-refractivity contribution in [1.82, 2.24) is 19.8 Å². The molecule has 0 saturated carbocycles. The maximum Gasteiger partial charge on any atom is 0.255 e. The van der Waals surface area contributed by atoms with Gasteiger partial charge in [-0.1, -0.05) is 30.0 Å². The SMILES string of the molecule is CNc1ncnc2cc(C#Cc3cc(C(=O)Nc4ccc(CN5CCN(C)CC5)cc4)ccc3C)ccc12. The topological polar surface area (TPSA) is 73.4 Å². The first-order valence-electron chi connectivity index (χ1n) is 12.8. The first kappa shape index (κ1) is 25.4. The van der Waals surface area contributed by atoms with Crippen LogP contribution in [0.3, 0.4) is 0 Å². The highest BCUT2D eigenvalue weighted by Gasteiger charge is 2.14. The molecule has 0 bridgehead atoms. The molecular weight excluding hydrogens is 472 g/mol. The summed E-state index contributed by atoms with van der Waals surface area (Å²) in [4.78, 5) is 26.4. The van der Waals surface area contributed by atoms with Gasteiger partial charge in [0.25, 0.3) is 5.91 Å². The van der Waals surface area contributed by atoms with E-state index in [9.17, 15) is 4.79 Å². The molecule has 3 aromatic carbocycles. The largest absolute Gasteiger partial charge is 0.373 e. The fourth-order valence-electron chi connectivity index (χ4n) is 4.53. The second-order valence-electron chi connectivity index (χ2n) is 9.71. The number of carbonyl (C=O) groups is 1. The van der Waals surface area contributed by atoms with Gasteiger partial charge in [0.15, 0.2) is 0 Å². The molecule has 7 nitrogen and oxygen atoms in total. The van der Waals surface area contributed by atoms with Crippen molar-refractivity contribution in [2.45, 2.75) is 13.5 Å². The molecule has 7 heteroatoms. The fourth-order valence-corrected chi connectivity index (χ4v) is 4.53. The van der Waals surface area contributed by atoms with E-state index in [0.717, 1.165) is 71.8 Å². The lowest BCUT2D eigenvalue weighted by atomic mass is 10.0. The van der Waals surface area contributed by atoms with E-state index in [0.29, 0.717) is 5.56 Å². The van der Waals surface area contributed by atoms with Gasteiger partial charge in [-0.3, -0.25) is 9.69 Å². The molecule has 0 unspecified atom stereocenters. The Hall–Kier alpha value is -4.25. The van der Waals surface area contributed by atoms with Gasteiger partial charge in [0.1, 0.15) is 12.1 Å². The van der Waals surface area contributed by atoms with Gasteiger partial charge in [0.2, 0.25) is 0 Å². The summed E-state index contributed by atoms with van der Waals surface area (Å²) in [7, 11) is 4.00. The maximum absolute atomic E-state index is 13.0. The molecule has 1 aliphatic heterocycles. The Morgan fingerprint density at radius 3 is 2.50 bits per heavy atom. The molecule has 2 N–H and O–H groups in total. The van der Waals surface area contributed by atoms with E-state index in [1.54, 1.807) is 6.33 Å². The number of fused-ring (bicyclic) bond motifs is 1. The van der Waals surface area contributed by atoms with E-state index in [-0.39, 0.29) is 5.91 Å². The number of hydrogen-bond donors (Lipinski definition) is 2. The molecule has 0 atom stereocenters. The number of amides is 1. The van der Waals surface area contributed by atoms with Crippen LogP contribution in [0.15, 0.2) is 67.0 Å². The Balaban J connectivity index is 1.26. The highest BCUT2D eigenvalue weighted by molar-refractivity contribution is 6.04. The predicted octanol–water partition coefficient (Wildman–Crippen LogP) is 4.38. The van der Waals surface area contributed by atoms with E-state index in [2.05, 4.69) is 61.4 Å². The number of nitrogens with one attached hydrogen (secondary N) is 2. The maximum atomic E-state index is 13.0. The number of nitrogens with zero attached hydrogens (tertiary/aromatic N) is 4. The van der Waals surface area contributed by atoms with Crippen LogP contribution >= 0.6 is 0 Å². The second kappa shape index (κ2) is 11.4. The molecule has 192 valence electrons. The molecule has 2 heterocycles. The fraction of sp³-hybridized carbons (Fsp3) is 0.258. The smallest absolute Gasteiger partial charge is 0.255 e. The molecule has 5 rings (SSSR count). The quantitative estimate of drug-likeness (QED) is 0.393. The number of hydrogen-bond acceptors (Lipinski definition) is 6. The zero-order valence-corrected chi connectivity index (χ0v) is 22.1. The van der Waals surface area contributed by atoms with Crippen LogP contribution in [0.25, 0.3) is 10.9 Å². The number of aromatic nitrogens is 2. The Morgan fingerprint density at radius 1 is 0.947 bits per heavy atom.